The largest absolute Gasteiger partial charge is 0.388 e. The number of hydrogen-bond acceptors (Lipinski definition) is 2. The Bertz CT molecular complexity index is 308. The topological polar surface area (TPSA) is 32.3 Å². The van der Waals surface area contributed by atoms with Gasteiger partial charge in [-0.15, -0.1) is 0 Å². The quantitative estimate of drug-likeness (QED) is 0.751. The second-order valence-corrected chi connectivity index (χ2v) is 4.27. The first kappa shape index (κ1) is 9.53. The Balaban J connectivity index is 2.19. The molecule has 2 rings (SSSR count). The number of anilines is 1. The number of para-hydroxylation sites is 1. The Morgan fingerprint density at radius 2 is 2.21 bits per heavy atom. The average molecular weight is 191 g/mol. The molecule has 2 nitrogen and oxygen atoms in total. The molecular formula is C12H17NO. The van der Waals surface area contributed by atoms with Crippen molar-refractivity contribution >= 4 is 5.69 Å². The highest BCUT2D eigenvalue weighted by Gasteiger charge is 2.34. The molecule has 1 aliphatic rings. The van der Waals surface area contributed by atoms with Crippen molar-refractivity contribution in [3.63, 3.8) is 0 Å². The lowest BCUT2D eigenvalue weighted by Crippen LogP contribution is -2.42. The van der Waals surface area contributed by atoms with Crippen molar-refractivity contribution in [1.82, 2.24) is 0 Å². The van der Waals surface area contributed by atoms with Crippen molar-refractivity contribution in [2.75, 3.05) is 5.32 Å². The summed E-state index contributed by atoms with van der Waals surface area (Å²) in [4.78, 5) is 0. The van der Waals surface area contributed by atoms with Crippen LogP contribution >= 0.6 is 0 Å². The fourth-order valence-corrected chi connectivity index (χ4v) is 1.92. The summed E-state index contributed by atoms with van der Waals surface area (Å²) >= 11 is 0. The van der Waals surface area contributed by atoms with Crippen LogP contribution in [0.5, 0.6) is 0 Å². The van der Waals surface area contributed by atoms with Crippen LogP contribution in [0.3, 0.4) is 0 Å². The van der Waals surface area contributed by atoms with Gasteiger partial charge in [-0.1, -0.05) is 25.1 Å². The van der Waals surface area contributed by atoms with Crippen LogP contribution < -0.4 is 5.32 Å². The summed E-state index contributed by atoms with van der Waals surface area (Å²) < 4.78 is 0. The van der Waals surface area contributed by atoms with E-state index in [-0.39, 0.29) is 6.04 Å². The van der Waals surface area contributed by atoms with Gasteiger partial charge in [-0.05, 0) is 31.4 Å². The molecule has 0 radical (unpaired) electrons. The third kappa shape index (κ3) is 1.50. The summed E-state index contributed by atoms with van der Waals surface area (Å²) in [6.45, 7) is 3.92. The van der Waals surface area contributed by atoms with Crippen molar-refractivity contribution < 1.29 is 5.11 Å². The molecule has 1 aliphatic heterocycles. The minimum atomic E-state index is -0.612. The molecule has 76 valence electrons. The van der Waals surface area contributed by atoms with Gasteiger partial charge in [0.05, 0.1) is 11.6 Å². The van der Waals surface area contributed by atoms with Gasteiger partial charge in [0, 0.05) is 5.69 Å². The van der Waals surface area contributed by atoms with Gasteiger partial charge in [-0.25, -0.2) is 0 Å². The zero-order valence-corrected chi connectivity index (χ0v) is 8.75. The van der Waals surface area contributed by atoms with Crippen LogP contribution in [0.1, 0.15) is 25.8 Å². The van der Waals surface area contributed by atoms with E-state index in [1.165, 1.54) is 11.3 Å². The summed E-state index contributed by atoms with van der Waals surface area (Å²) in [5, 5.41) is 13.5. The molecule has 0 saturated carbocycles. The third-order valence-corrected chi connectivity index (χ3v) is 3.24. The highest BCUT2D eigenvalue weighted by molar-refractivity contribution is 5.57. The predicted octanol–water partition coefficient (Wildman–Crippen LogP) is 2.18. The SMILES string of the molecule is CCC(C)(O)C1Cc2ccccc2N1. The van der Waals surface area contributed by atoms with Gasteiger partial charge >= 0.3 is 0 Å². The minimum Gasteiger partial charge on any atom is -0.388 e. The van der Waals surface area contributed by atoms with Crippen LogP contribution in [0.4, 0.5) is 5.69 Å². The van der Waals surface area contributed by atoms with E-state index in [0.717, 1.165) is 12.8 Å². The van der Waals surface area contributed by atoms with Gasteiger partial charge in [-0.2, -0.15) is 0 Å². The van der Waals surface area contributed by atoms with E-state index < -0.39 is 5.60 Å². The Hall–Kier alpha value is -1.02. The number of aliphatic hydroxyl groups is 1. The maximum atomic E-state index is 10.1. The second-order valence-electron chi connectivity index (χ2n) is 4.27. The molecule has 2 N–H and O–H groups in total. The number of benzene rings is 1. The molecule has 0 aromatic heterocycles. The normalized spacial score (nSPS) is 23.8. The molecule has 0 saturated heterocycles. The van der Waals surface area contributed by atoms with E-state index >= 15 is 0 Å². The molecule has 1 aromatic carbocycles. The smallest absolute Gasteiger partial charge is 0.0820 e. The number of rotatable bonds is 2. The van der Waals surface area contributed by atoms with E-state index in [0.29, 0.717) is 0 Å². The van der Waals surface area contributed by atoms with Crippen molar-refractivity contribution in [3.8, 4) is 0 Å². The van der Waals surface area contributed by atoms with E-state index in [2.05, 4.69) is 17.4 Å². The van der Waals surface area contributed by atoms with Crippen molar-refractivity contribution in [3.05, 3.63) is 29.8 Å². The van der Waals surface area contributed by atoms with E-state index in [1.807, 2.05) is 26.0 Å². The molecule has 0 bridgehead atoms. The third-order valence-electron chi connectivity index (χ3n) is 3.24. The zero-order valence-electron chi connectivity index (χ0n) is 8.75. The first-order valence-corrected chi connectivity index (χ1v) is 5.20. The highest BCUT2D eigenvalue weighted by Crippen LogP contribution is 2.31. The Labute approximate surface area is 85.0 Å². The molecule has 1 heterocycles. The maximum Gasteiger partial charge on any atom is 0.0820 e. The molecule has 2 heteroatoms. The fraction of sp³-hybridized carbons (Fsp3) is 0.500. The zero-order chi connectivity index (χ0) is 10.2. The first-order chi connectivity index (χ1) is 6.63. The summed E-state index contributed by atoms with van der Waals surface area (Å²) in [6.07, 6.45) is 1.70. The minimum absolute atomic E-state index is 0.157. The Kier molecular flexibility index (Phi) is 2.23. The Morgan fingerprint density at radius 1 is 1.50 bits per heavy atom. The highest BCUT2D eigenvalue weighted by atomic mass is 16.3. The molecule has 0 spiro atoms. The lowest BCUT2D eigenvalue weighted by Gasteiger charge is -2.29. The van der Waals surface area contributed by atoms with Crippen LogP contribution in [0, 0.1) is 0 Å². The predicted molar refractivity (Wildman–Crippen MR) is 58.5 cm³/mol. The number of hydrogen-bond donors (Lipinski definition) is 2. The second kappa shape index (κ2) is 3.28. The van der Waals surface area contributed by atoms with Crippen LogP contribution in [0.25, 0.3) is 0 Å². The van der Waals surface area contributed by atoms with Crippen LogP contribution in [-0.4, -0.2) is 16.7 Å². The molecule has 0 fully saturated rings. The number of fused-ring (bicyclic) bond motifs is 1. The number of nitrogens with one attached hydrogen (secondary N) is 1. The lowest BCUT2D eigenvalue weighted by molar-refractivity contribution is 0.0378. The molecule has 0 aliphatic carbocycles. The van der Waals surface area contributed by atoms with E-state index in [4.69, 9.17) is 0 Å². The summed E-state index contributed by atoms with van der Waals surface area (Å²) in [5.41, 5.74) is 1.87. The van der Waals surface area contributed by atoms with Crippen molar-refractivity contribution in [1.29, 1.82) is 0 Å². The summed E-state index contributed by atoms with van der Waals surface area (Å²) in [7, 11) is 0. The van der Waals surface area contributed by atoms with Gasteiger partial charge in [0.25, 0.3) is 0 Å². The molecule has 1 aromatic rings. The van der Waals surface area contributed by atoms with Gasteiger partial charge in [0.15, 0.2) is 0 Å². The molecule has 0 amide bonds. The molecular weight excluding hydrogens is 174 g/mol. The molecule has 2 atom stereocenters. The first-order valence-electron chi connectivity index (χ1n) is 5.20. The molecule has 2 unspecified atom stereocenters. The van der Waals surface area contributed by atoms with Gasteiger partial charge in [-0.3, -0.25) is 0 Å². The lowest BCUT2D eigenvalue weighted by atomic mass is 9.91. The van der Waals surface area contributed by atoms with Crippen molar-refractivity contribution in [2.24, 2.45) is 0 Å². The van der Waals surface area contributed by atoms with Crippen molar-refractivity contribution in [2.45, 2.75) is 38.3 Å². The maximum absolute atomic E-state index is 10.1. The Morgan fingerprint density at radius 3 is 2.86 bits per heavy atom. The standard InChI is InChI=1S/C12H17NO/c1-3-12(2,14)11-8-9-6-4-5-7-10(9)13-11/h4-7,11,13-14H,3,8H2,1-2H3. The van der Waals surface area contributed by atoms with Crippen LogP contribution in [-0.2, 0) is 6.42 Å². The fourth-order valence-electron chi connectivity index (χ4n) is 1.92. The summed E-state index contributed by atoms with van der Waals surface area (Å²) in [6, 6.07) is 8.41. The van der Waals surface area contributed by atoms with E-state index in [1.54, 1.807) is 0 Å². The monoisotopic (exact) mass is 191 g/mol. The van der Waals surface area contributed by atoms with Gasteiger partial charge in [0.1, 0.15) is 0 Å². The average Bonchev–Trinajstić information content (AvgIpc) is 2.61. The van der Waals surface area contributed by atoms with Gasteiger partial charge in [0.2, 0.25) is 0 Å². The van der Waals surface area contributed by atoms with Gasteiger partial charge < -0.3 is 10.4 Å². The van der Waals surface area contributed by atoms with Crippen LogP contribution in [0.15, 0.2) is 24.3 Å². The van der Waals surface area contributed by atoms with E-state index in [9.17, 15) is 5.11 Å². The van der Waals surface area contributed by atoms with Crippen LogP contribution in [0.2, 0.25) is 0 Å². The molecule has 14 heavy (non-hydrogen) atoms. The summed E-state index contributed by atoms with van der Waals surface area (Å²) in [5.74, 6) is 0.